The lowest BCUT2D eigenvalue weighted by Gasteiger charge is -2.38. The molecule has 5 aliphatic heterocycles. The van der Waals surface area contributed by atoms with Gasteiger partial charge < -0.3 is 54.5 Å². The molecule has 78 heavy (non-hydrogen) atoms. The average Bonchev–Trinajstić information content (AvgIpc) is 4.25. The van der Waals surface area contributed by atoms with Gasteiger partial charge in [0.2, 0.25) is 11.6 Å². The molecule has 2 aliphatic carbocycles. The number of aromatic carboxylic acids is 1. The standard InChI is InChI=1S/C58H67FN4O15/c1-27-11-9-12-28(2)55(71)60-46-49(62-19-16-35(25-62)34-13-10-18-61(24-34)48-30(4)47-37(33-14-15-33)23-38(57(73)74)56(72)63(47)26-39(48)59)52(69)43-44(51(46)68)50(67)31(5)53-45(43)54(70)58(7,78-53)76-20-17-41(75-8)29(3)42(77-32(6)64)22-36(65)21-40(27)66/h9,11-12,17,20,23,26-27,29,33-36,40-42,65-67H,10,13-16,18-19,21-22,24-25H2,1-8H3,(H,60,71)(H,73,74)/b11-9+,20-17+,28-12-/t27-,29+,34?,35?,36+,40+,41-,42-,58-/m0/s1. The third-order valence-corrected chi connectivity index (χ3v) is 16.6. The molecule has 9 atom stereocenters. The number of carbonyl (C=O) groups excluding carboxylic acids is 5. The third-order valence-electron chi connectivity index (χ3n) is 16.6. The van der Waals surface area contributed by atoms with Crippen molar-refractivity contribution in [3.63, 3.8) is 0 Å². The van der Waals surface area contributed by atoms with Gasteiger partial charge in [-0.05, 0) is 100 Å². The lowest BCUT2D eigenvalue weighted by molar-refractivity contribution is -0.153. The Labute approximate surface area is 450 Å². The Morgan fingerprint density at radius 3 is 2.28 bits per heavy atom. The van der Waals surface area contributed by atoms with Crippen LogP contribution in [0.4, 0.5) is 10.1 Å². The van der Waals surface area contributed by atoms with E-state index in [1.165, 1.54) is 53.0 Å². The monoisotopic (exact) mass is 1080 g/mol. The number of nitrogens with zero attached hydrogens (tertiary/aromatic N) is 3. The number of aliphatic hydroxyl groups excluding tert-OH is 2. The van der Waals surface area contributed by atoms with Crippen molar-refractivity contribution in [2.45, 2.75) is 130 Å². The summed E-state index contributed by atoms with van der Waals surface area (Å²) >= 11 is 0. The number of rotatable bonds is 7. The van der Waals surface area contributed by atoms with Gasteiger partial charge in [-0.1, -0.05) is 32.1 Å². The van der Waals surface area contributed by atoms with E-state index in [1.807, 2.05) is 4.90 Å². The number of Topliss-reactive ketones (excluding diaryl/α,β-unsaturated/α-hetero) is 3. The topological polar surface area (TPSA) is 260 Å². The number of piperidine rings is 1. The van der Waals surface area contributed by atoms with Crippen molar-refractivity contribution < 1.29 is 72.5 Å². The van der Waals surface area contributed by atoms with Crippen molar-refractivity contribution >= 4 is 46.4 Å². The zero-order valence-electron chi connectivity index (χ0n) is 45.0. The number of aliphatic hydroxyl groups is 2. The SMILES string of the molecule is CO[C@H]1/C=C/O[C@@]2(C)Oc3c(C)c(O)c4c(c3C2=O)C(=O)C(N2CCC(C3CCCN(c5c(F)cn6c(=O)c(C(=O)O)cc(C7CC7)c6c5C)C3)C2)=C(NC(=O)/C(C)=C\C=C\[C@H](C)[C@H](O)C[C@@H](O)C[C@H](OC(C)=O)[C@@H]1C)C4=O. The van der Waals surface area contributed by atoms with Crippen LogP contribution < -0.4 is 20.5 Å². The van der Waals surface area contributed by atoms with Crippen LogP contribution in [0.3, 0.4) is 0 Å². The Bertz CT molecular complexity index is 3230. The maximum atomic E-state index is 16.5. The van der Waals surface area contributed by atoms with Gasteiger partial charge in [0, 0.05) is 76.5 Å². The van der Waals surface area contributed by atoms with E-state index in [0.717, 1.165) is 36.1 Å². The van der Waals surface area contributed by atoms with Crippen molar-refractivity contribution in [3.8, 4) is 11.5 Å². The number of allylic oxidation sites excluding steroid dienone is 4. The van der Waals surface area contributed by atoms with E-state index < -0.39 is 117 Å². The van der Waals surface area contributed by atoms with E-state index in [-0.39, 0.29) is 71.8 Å². The van der Waals surface area contributed by atoms with Crippen LogP contribution in [0.1, 0.15) is 144 Å². The molecule has 19 nitrogen and oxygen atoms in total. The van der Waals surface area contributed by atoms with Crippen LogP contribution in [-0.4, -0.2) is 128 Å². The number of phenolic OH excluding ortho intramolecular Hbond substituents is 1. The molecule has 2 unspecified atom stereocenters. The summed E-state index contributed by atoms with van der Waals surface area (Å²) in [4.78, 5) is 101. The number of aromatic nitrogens is 1. The number of carboxylic acid groups (broad SMARTS) is 1. The smallest absolute Gasteiger partial charge is 0.341 e. The molecule has 0 spiro atoms. The quantitative estimate of drug-likeness (QED) is 0.162. The Kier molecular flexibility index (Phi) is 15.4. The molecule has 20 heteroatoms. The summed E-state index contributed by atoms with van der Waals surface area (Å²) in [5.74, 6) is -10.3. The van der Waals surface area contributed by atoms with Gasteiger partial charge in [-0.2, -0.15) is 0 Å². The lowest BCUT2D eigenvalue weighted by Crippen LogP contribution is -2.42. The van der Waals surface area contributed by atoms with Crippen LogP contribution in [0.2, 0.25) is 0 Å². The first-order chi connectivity index (χ1) is 37.0. The normalized spacial score (nSPS) is 29.7. The van der Waals surface area contributed by atoms with E-state index in [1.54, 1.807) is 37.8 Å². The number of aromatic hydroxyl groups is 1. The second-order valence-corrected chi connectivity index (χ2v) is 22.0. The highest BCUT2D eigenvalue weighted by molar-refractivity contribution is 6.32. The molecule has 10 rings (SSSR count). The number of fused-ring (bicyclic) bond motifs is 15. The minimum Gasteiger partial charge on any atom is -0.507 e. The van der Waals surface area contributed by atoms with Gasteiger partial charge in [-0.25, -0.2) is 9.18 Å². The molecule has 1 amide bonds. The van der Waals surface area contributed by atoms with Gasteiger partial charge in [0.15, 0.2) is 5.82 Å². The summed E-state index contributed by atoms with van der Waals surface area (Å²) in [5, 5.41) is 46.6. The molecule has 5 bridgehead atoms. The zero-order valence-corrected chi connectivity index (χ0v) is 45.0. The van der Waals surface area contributed by atoms with Crippen LogP contribution in [0, 0.1) is 43.3 Å². The number of ketones is 3. The summed E-state index contributed by atoms with van der Waals surface area (Å²) in [6.07, 6.45) is 7.78. The number of amides is 1. The van der Waals surface area contributed by atoms with Crippen LogP contribution in [0.15, 0.2) is 64.6 Å². The van der Waals surface area contributed by atoms with Gasteiger partial charge in [0.25, 0.3) is 17.2 Å². The molecule has 0 radical (unpaired) electrons. The Balaban J connectivity index is 1.08. The van der Waals surface area contributed by atoms with Gasteiger partial charge in [-0.3, -0.25) is 33.2 Å². The summed E-state index contributed by atoms with van der Waals surface area (Å²) in [6, 6.07) is 1.42. The number of aryl methyl sites for hydroxylation is 1. The van der Waals surface area contributed by atoms with E-state index >= 15 is 14.0 Å². The van der Waals surface area contributed by atoms with Crippen molar-refractivity contribution in [2.75, 3.05) is 38.2 Å². The second kappa shape index (κ2) is 21.6. The van der Waals surface area contributed by atoms with Gasteiger partial charge in [0.1, 0.15) is 34.6 Å². The van der Waals surface area contributed by atoms with E-state index in [2.05, 4.69) is 5.32 Å². The van der Waals surface area contributed by atoms with Crippen molar-refractivity contribution in [1.82, 2.24) is 14.6 Å². The highest BCUT2D eigenvalue weighted by Crippen LogP contribution is 2.50. The largest absolute Gasteiger partial charge is 0.507 e. The van der Waals surface area contributed by atoms with E-state index in [4.69, 9.17) is 18.9 Å². The molecule has 1 saturated carbocycles. The number of ether oxygens (including phenoxy) is 4. The Hall–Kier alpha value is -7.16. The fourth-order valence-corrected chi connectivity index (χ4v) is 12.1. The highest BCUT2D eigenvalue weighted by Gasteiger charge is 2.54. The first-order valence-electron chi connectivity index (χ1n) is 26.6. The maximum Gasteiger partial charge on any atom is 0.341 e. The number of likely N-dealkylation sites (tertiary alicyclic amines) is 1. The first kappa shape index (κ1) is 55.6. The van der Waals surface area contributed by atoms with E-state index in [0.29, 0.717) is 48.3 Å². The molecular weight excluding hydrogens is 1010 g/mol. The Morgan fingerprint density at radius 2 is 1.60 bits per heavy atom. The minimum atomic E-state index is -2.15. The van der Waals surface area contributed by atoms with Crippen LogP contribution in [0.5, 0.6) is 11.5 Å². The number of nitrogens with one attached hydrogen (secondary N) is 1. The number of methoxy groups -OCH3 is 1. The number of carbonyl (C=O) groups is 6. The van der Waals surface area contributed by atoms with Crippen LogP contribution in [-0.2, 0) is 23.8 Å². The number of phenols is 1. The molecule has 2 aromatic heterocycles. The molecule has 1 aromatic carbocycles. The van der Waals surface area contributed by atoms with Gasteiger partial charge in [0.05, 0.1) is 58.7 Å². The number of hydrogen-bond acceptors (Lipinski definition) is 16. The van der Waals surface area contributed by atoms with Gasteiger partial charge >= 0.3 is 17.7 Å². The summed E-state index contributed by atoms with van der Waals surface area (Å²) < 4.78 is 41.1. The van der Waals surface area contributed by atoms with Crippen molar-refractivity contribution in [2.24, 2.45) is 23.7 Å². The van der Waals surface area contributed by atoms with E-state index in [9.17, 15) is 44.4 Å². The van der Waals surface area contributed by atoms with Crippen molar-refractivity contribution in [1.29, 1.82) is 0 Å². The summed E-state index contributed by atoms with van der Waals surface area (Å²) in [6.45, 7) is 12.0. The molecule has 7 heterocycles. The predicted molar refractivity (Wildman–Crippen MR) is 281 cm³/mol. The second-order valence-electron chi connectivity index (χ2n) is 22.0. The molecule has 3 fully saturated rings. The number of benzene rings is 1. The fourth-order valence-electron chi connectivity index (χ4n) is 12.1. The summed E-state index contributed by atoms with van der Waals surface area (Å²) in [5.41, 5.74) is -1.01. The zero-order chi connectivity index (χ0) is 56.4. The molecule has 5 N–H and O–H groups in total. The molecule has 2 saturated heterocycles. The Morgan fingerprint density at radius 1 is 0.897 bits per heavy atom. The van der Waals surface area contributed by atoms with Crippen LogP contribution in [0.25, 0.3) is 5.52 Å². The number of esters is 1. The summed E-state index contributed by atoms with van der Waals surface area (Å²) in [7, 11) is 1.41. The predicted octanol–water partition coefficient (Wildman–Crippen LogP) is 6.34. The van der Waals surface area contributed by atoms with Gasteiger partial charge in [-0.15, -0.1) is 0 Å². The molecule has 3 aromatic rings. The number of carboxylic acids is 1. The highest BCUT2D eigenvalue weighted by atomic mass is 19.1. The minimum absolute atomic E-state index is 0.0399. The first-order valence-corrected chi connectivity index (χ1v) is 26.6. The molecule has 416 valence electrons. The number of anilines is 1. The maximum absolute atomic E-state index is 16.5. The molecule has 7 aliphatic rings. The fraction of sp³-hybridized carbons (Fsp3) is 0.500. The number of hydrogen-bond donors (Lipinski definition) is 5. The number of halogens is 1. The lowest BCUT2D eigenvalue weighted by atomic mass is 9.82. The molecular formula is C58H67FN4O15. The number of pyridine rings is 2. The van der Waals surface area contributed by atoms with Crippen molar-refractivity contribution in [3.05, 3.63) is 115 Å². The average molecular weight is 1080 g/mol. The van der Waals surface area contributed by atoms with Crippen LogP contribution >= 0.6 is 0 Å². The third kappa shape index (κ3) is 10.1.